The van der Waals surface area contributed by atoms with Crippen LogP contribution in [-0.4, -0.2) is 9.13 Å². The van der Waals surface area contributed by atoms with Gasteiger partial charge in [-0.25, -0.2) is 0 Å². The molecule has 0 fully saturated rings. The van der Waals surface area contributed by atoms with Gasteiger partial charge in [0.1, 0.15) is 0 Å². The van der Waals surface area contributed by atoms with Crippen molar-refractivity contribution in [2.75, 3.05) is 0 Å². The second kappa shape index (κ2) is 4.76. The Bertz CT molecular complexity index is 1190. The molecule has 0 saturated heterocycles. The first-order valence-corrected chi connectivity index (χ1v) is 9.19. The summed E-state index contributed by atoms with van der Waals surface area (Å²) in [7, 11) is 4.36. The number of rotatable bonds is 0. The van der Waals surface area contributed by atoms with Crippen molar-refractivity contribution in [1.82, 2.24) is 9.13 Å². The fraction of sp³-hybridized carbons (Fsp3) is 0.143. The third-order valence-electron chi connectivity index (χ3n) is 5.24. The van der Waals surface area contributed by atoms with E-state index in [0.717, 1.165) is 0 Å². The van der Waals surface area contributed by atoms with Crippen LogP contribution in [-0.2, 0) is 14.1 Å². The van der Waals surface area contributed by atoms with Crippen LogP contribution in [0.2, 0.25) is 0 Å². The summed E-state index contributed by atoms with van der Waals surface area (Å²) in [5, 5.41) is 5.35. The minimum Gasteiger partial charge on any atom is -0.342 e. The van der Waals surface area contributed by atoms with Gasteiger partial charge in [0, 0.05) is 50.2 Å². The van der Waals surface area contributed by atoms with E-state index in [2.05, 4.69) is 101 Å². The van der Waals surface area contributed by atoms with E-state index >= 15 is 0 Å². The number of aromatic nitrogens is 2. The molecule has 0 aliphatic rings. The lowest BCUT2D eigenvalue weighted by Gasteiger charge is -2.03. The average molecular weight is 424 g/mol. The topological polar surface area (TPSA) is 9.86 Å². The van der Waals surface area contributed by atoms with E-state index in [1.54, 1.807) is 0 Å². The highest BCUT2D eigenvalue weighted by molar-refractivity contribution is 14.1. The van der Waals surface area contributed by atoms with Crippen molar-refractivity contribution < 1.29 is 0 Å². The molecule has 0 spiro atoms. The summed E-state index contributed by atoms with van der Waals surface area (Å²) >= 11 is 2.40. The number of fused-ring (bicyclic) bond motifs is 7. The Kier molecular flexibility index (Phi) is 2.84. The normalized spacial score (nSPS) is 12.2. The molecular formula is C21H17IN2. The van der Waals surface area contributed by atoms with Gasteiger partial charge in [-0.1, -0.05) is 23.8 Å². The Morgan fingerprint density at radius 1 is 0.667 bits per heavy atom. The van der Waals surface area contributed by atoms with Crippen LogP contribution < -0.4 is 0 Å². The van der Waals surface area contributed by atoms with Crippen LogP contribution in [0.4, 0.5) is 0 Å². The minimum atomic E-state index is 1.28. The Morgan fingerprint density at radius 3 is 1.83 bits per heavy atom. The van der Waals surface area contributed by atoms with E-state index in [4.69, 9.17) is 0 Å². The molecule has 24 heavy (non-hydrogen) atoms. The number of nitrogens with zero attached hydrogens (tertiary/aromatic N) is 2. The van der Waals surface area contributed by atoms with Gasteiger partial charge in [-0.2, -0.15) is 0 Å². The van der Waals surface area contributed by atoms with Crippen molar-refractivity contribution in [2.24, 2.45) is 14.1 Å². The number of hydrogen-bond donors (Lipinski definition) is 0. The monoisotopic (exact) mass is 424 g/mol. The summed E-state index contributed by atoms with van der Waals surface area (Å²) in [5.74, 6) is 0. The molecule has 5 rings (SSSR count). The summed E-state index contributed by atoms with van der Waals surface area (Å²) in [4.78, 5) is 0. The van der Waals surface area contributed by atoms with Crippen molar-refractivity contribution >= 4 is 66.2 Å². The van der Waals surface area contributed by atoms with Gasteiger partial charge in [-0.3, -0.25) is 0 Å². The zero-order valence-corrected chi connectivity index (χ0v) is 16.0. The Morgan fingerprint density at radius 2 is 1.21 bits per heavy atom. The van der Waals surface area contributed by atoms with Gasteiger partial charge in [0.25, 0.3) is 0 Å². The maximum absolute atomic E-state index is 2.40. The summed E-state index contributed by atoms with van der Waals surface area (Å²) in [5.41, 5.74) is 6.53. The van der Waals surface area contributed by atoms with Gasteiger partial charge < -0.3 is 9.13 Å². The Balaban J connectivity index is 2.12. The third-order valence-corrected chi connectivity index (χ3v) is 5.91. The lowest BCUT2D eigenvalue weighted by Crippen LogP contribution is -1.92. The van der Waals surface area contributed by atoms with E-state index in [1.165, 1.54) is 52.7 Å². The molecule has 2 heterocycles. The van der Waals surface area contributed by atoms with Crippen molar-refractivity contribution in [3.8, 4) is 0 Å². The molecule has 0 atom stereocenters. The first-order chi connectivity index (χ1) is 11.6. The molecule has 0 unspecified atom stereocenters. The van der Waals surface area contributed by atoms with E-state index in [9.17, 15) is 0 Å². The molecule has 3 aromatic carbocycles. The van der Waals surface area contributed by atoms with Crippen molar-refractivity contribution in [2.45, 2.75) is 6.92 Å². The molecule has 0 bridgehead atoms. The Hall–Kier alpha value is -2.01. The van der Waals surface area contributed by atoms with Crippen LogP contribution in [0.3, 0.4) is 0 Å². The van der Waals surface area contributed by atoms with E-state index in [1.807, 2.05) is 0 Å². The van der Waals surface area contributed by atoms with Crippen LogP contribution in [0.1, 0.15) is 5.56 Å². The van der Waals surface area contributed by atoms with Crippen LogP contribution in [0.25, 0.3) is 43.6 Å². The molecular weight excluding hydrogens is 407 g/mol. The fourth-order valence-corrected chi connectivity index (χ4v) is 4.60. The summed E-state index contributed by atoms with van der Waals surface area (Å²) in [6.07, 6.45) is 0. The van der Waals surface area contributed by atoms with Gasteiger partial charge in [-0.05, 0) is 59.8 Å². The SMILES string of the molecule is Cc1ccc2c(c1)c1ccc3c4cc(I)ccc4n(C)c3c1n2C. The van der Waals surface area contributed by atoms with Gasteiger partial charge in [0.2, 0.25) is 0 Å². The zero-order chi connectivity index (χ0) is 16.6. The molecule has 0 N–H and O–H groups in total. The standard InChI is InChI=1S/C21H17IN2/c1-12-4-8-18-16(10-12)14-6-7-15-17-11-13(22)5-9-19(17)24(3)21(15)20(14)23(18)2/h4-11H,1-3H3. The molecule has 0 aliphatic heterocycles. The van der Waals surface area contributed by atoms with Crippen molar-refractivity contribution in [3.05, 3.63) is 57.7 Å². The quantitative estimate of drug-likeness (QED) is 0.275. The molecule has 0 aliphatic carbocycles. The second-order valence-corrected chi connectivity index (χ2v) is 7.90. The minimum absolute atomic E-state index is 1.28. The lowest BCUT2D eigenvalue weighted by atomic mass is 10.1. The second-order valence-electron chi connectivity index (χ2n) is 6.66. The first kappa shape index (κ1) is 14.3. The van der Waals surface area contributed by atoms with E-state index in [-0.39, 0.29) is 0 Å². The van der Waals surface area contributed by atoms with Crippen molar-refractivity contribution in [1.29, 1.82) is 0 Å². The maximum Gasteiger partial charge on any atom is 0.0736 e. The maximum atomic E-state index is 2.40. The molecule has 5 aromatic rings. The van der Waals surface area contributed by atoms with Gasteiger partial charge >= 0.3 is 0 Å². The molecule has 0 radical (unpaired) electrons. The molecule has 2 aromatic heterocycles. The van der Waals surface area contributed by atoms with E-state index in [0.29, 0.717) is 0 Å². The zero-order valence-electron chi connectivity index (χ0n) is 13.9. The lowest BCUT2D eigenvalue weighted by molar-refractivity contribution is 0.986. The largest absolute Gasteiger partial charge is 0.342 e. The van der Waals surface area contributed by atoms with Crippen LogP contribution >= 0.6 is 22.6 Å². The number of halogens is 1. The van der Waals surface area contributed by atoms with Crippen molar-refractivity contribution in [3.63, 3.8) is 0 Å². The van der Waals surface area contributed by atoms with Crippen LogP contribution in [0.5, 0.6) is 0 Å². The Labute approximate surface area is 153 Å². The third kappa shape index (κ3) is 1.71. The predicted molar refractivity (Wildman–Crippen MR) is 112 cm³/mol. The fourth-order valence-electron chi connectivity index (χ4n) is 4.11. The number of hydrogen-bond acceptors (Lipinski definition) is 0. The number of benzene rings is 3. The summed E-state index contributed by atoms with van der Waals surface area (Å²) in [6.45, 7) is 2.16. The molecule has 2 nitrogen and oxygen atoms in total. The highest BCUT2D eigenvalue weighted by Crippen LogP contribution is 2.38. The summed E-state index contributed by atoms with van der Waals surface area (Å²) in [6, 6.07) is 18.0. The van der Waals surface area contributed by atoms with Crippen LogP contribution in [0.15, 0.2) is 48.5 Å². The first-order valence-electron chi connectivity index (χ1n) is 8.11. The molecule has 0 amide bonds. The molecule has 118 valence electrons. The van der Waals surface area contributed by atoms with Crippen LogP contribution in [0, 0.1) is 10.5 Å². The summed E-state index contributed by atoms with van der Waals surface area (Å²) < 4.78 is 5.96. The van der Waals surface area contributed by atoms with Gasteiger partial charge in [-0.15, -0.1) is 0 Å². The van der Waals surface area contributed by atoms with Gasteiger partial charge in [0.05, 0.1) is 11.0 Å². The molecule has 3 heteroatoms. The highest BCUT2D eigenvalue weighted by Gasteiger charge is 2.16. The predicted octanol–water partition coefficient (Wildman–Crippen LogP) is 5.89. The van der Waals surface area contributed by atoms with E-state index < -0.39 is 0 Å². The highest BCUT2D eigenvalue weighted by atomic mass is 127. The average Bonchev–Trinajstić information content (AvgIpc) is 3.01. The molecule has 0 saturated carbocycles. The number of aryl methyl sites for hydroxylation is 3. The van der Waals surface area contributed by atoms with Gasteiger partial charge in [0.15, 0.2) is 0 Å². The smallest absolute Gasteiger partial charge is 0.0736 e.